The Kier molecular flexibility index (Phi) is 6.84. The van der Waals surface area contributed by atoms with E-state index in [1.807, 2.05) is 37.4 Å². The summed E-state index contributed by atoms with van der Waals surface area (Å²) in [6.45, 7) is 3.59. The van der Waals surface area contributed by atoms with Crippen LogP contribution >= 0.6 is 0 Å². The average Bonchev–Trinajstić information content (AvgIpc) is 3.06. The highest BCUT2D eigenvalue weighted by atomic mass is 16.3. The van der Waals surface area contributed by atoms with Crippen molar-refractivity contribution in [2.45, 2.75) is 32.6 Å². The Morgan fingerprint density at radius 3 is 2.62 bits per heavy atom. The van der Waals surface area contributed by atoms with Gasteiger partial charge in [-0.05, 0) is 37.2 Å². The zero-order valence-corrected chi connectivity index (χ0v) is 14.2. The van der Waals surface area contributed by atoms with E-state index in [0.29, 0.717) is 6.54 Å². The summed E-state index contributed by atoms with van der Waals surface area (Å²) in [5.41, 5.74) is 2.22. The summed E-state index contributed by atoms with van der Waals surface area (Å²) < 4.78 is 5.37. The quantitative estimate of drug-likeness (QED) is 0.692. The van der Waals surface area contributed by atoms with Crippen LogP contribution in [0.3, 0.4) is 0 Å². The van der Waals surface area contributed by atoms with Crippen LogP contribution in [-0.2, 0) is 19.6 Å². The fourth-order valence-electron chi connectivity index (χ4n) is 2.40. The number of hydrogen-bond acceptors (Lipinski definition) is 4. The van der Waals surface area contributed by atoms with Gasteiger partial charge >= 0.3 is 6.03 Å². The molecule has 0 fully saturated rings. The van der Waals surface area contributed by atoms with Crippen molar-refractivity contribution in [1.29, 1.82) is 0 Å². The van der Waals surface area contributed by atoms with Crippen molar-refractivity contribution in [3.63, 3.8) is 0 Å². The van der Waals surface area contributed by atoms with Gasteiger partial charge in [0, 0.05) is 13.1 Å². The first-order valence-electron chi connectivity index (χ1n) is 8.01. The highest BCUT2D eigenvalue weighted by Crippen LogP contribution is 2.13. The minimum absolute atomic E-state index is 0.0818. The van der Waals surface area contributed by atoms with Crippen LogP contribution in [0, 0.1) is 0 Å². The topological polar surface area (TPSA) is 77.7 Å². The summed E-state index contributed by atoms with van der Waals surface area (Å²) in [4.78, 5) is 13.9. The Bertz CT molecular complexity index is 628. The second-order valence-corrected chi connectivity index (χ2v) is 5.93. The molecular weight excluding hydrogens is 306 g/mol. The lowest BCUT2D eigenvalue weighted by Crippen LogP contribution is -2.42. The third-order valence-electron chi connectivity index (χ3n) is 3.66. The van der Waals surface area contributed by atoms with Crippen molar-refractivity contribution < 1.29 is 14.3 Å². The predicted octanol–water partition coefficient (Wildman–Crippen LogP) is 2.09. The summed E-state index contributed by atoms with van der Waals surface area (Å²) in [5, 5.41) is 14.5. The Morgan fingerprint density at radius 1 is 1.21 bits per heavy atom. The van der Waals surface area contributed by atoms with Gasteiger partial charge in [0.25, 0.3) is 0 Å². The van der Waals surface area contributed by atoms with Crippen LogP contribution in [0.15, 0.2) is 47.1 Å². The van der Waals surface area contributed by atoms with Gasteiger partial charge in [0.15, 0.2) is 0 Å². The summed E-state index contributed by atoms with van der Waals surface area (Å²) >= 11 is 0. The number of aliphatic hydroxyl groups excluding tert-OH is 1. The van der Waals surface area contributed by atoms with Crippen LogP contribution in [0.4, 0.5) is 4.79 Å². The summed E-state index contributed by atoms with van der Waals surface area (Å²) in [7, 11) is 2.03. The molecule has 0 bridgehead atoms. The smallest absolute Gasteiger partial charge is 0.315 e. The van der Waals surface area contributed by atoms with Gasteiger partial charge in [-0.2, -0.15) is 0 Å². The zero-order valence-electron chi connectivity index (χ0n) is 14.2. The third-order valence-corrected chi connectivity index (χ3v) is 3.66. The number of nitrogens with one attached hydrogen (secondary N) is 2. The molecule has 1 aromatic carbocycles. The number of amides is 2. The lowest BCUT2D eigenvalue weighted by molar-refractivity contribution is 0.220. The lowest BCUT2D eigenvalue weighted by Gasteiger charge is -2.18. The minimum Gasteiger partial charge on any atom is -0.468 e. The summed E-state index contributed by atoms with van der Waals surface area (Å²) in [6.07, 6.45) is 1.67. The summed E-state index contributed by atoms with van der Waals surface area (Å²) in [6, 6.07) is 11.3. The molecule has 1 unspecified atom stereocenters. The van der Waals surface area contributed by atoms with E-state index in [2.05, 4.69) is 21.6 Å². The molecule has 24 heavy (non-hydrogen) atoms. The van der Waals surface area contributed by atoms with E-state index in [0.717, 1.165) is 30.0 Å². The Labute approximate surface area is 142 Å². The van der Waals surface area contributed by atoms with E-state index in [1.54, 1.807) is 13.2 Å². The van der Waals surface area contributed by atoms with E-state index in [-0.39, 0.29) is 18.7 Å². The van der Waals surface area contributed by atoms with Crippen molar-refractivity contribution in [1.82, 2.24) is 15.5 Å². The van der Waals surface area contributed by atoms with Gasteiger partial charge in [-0.25, -0.2) is 4.79 Å². The third kappa shape index (κ3) is 5.72. The van der Waals surface area contributed by atoms with Crippen LogP contribution in [-0.4, -0.2) is 35.7 Å². The fourth-order valence-corrected chi connectivity index (χ4v) is 2.40. The monoisotopic (exact) mass is 331 g/mol. The van der Waals surface area contributed by atoms with Gasteiger partial charge in [-0.1, -0.05) is 24.3 Å². The molecular formula is C18H25N3O3. The van der Waals surface area contributed by atoms with E-state index in [9.17, 15) is 4.79 Å². The second-order valence-electron chi connectivity index (χ2n) is 5.93. The van der Waals surface area contributed by atoms with Crippen molar-refractivity contribution in [2.75, 3.05) is 13.7 Å². The highest BCUT2D eigenvalue weighted by molar-refractivity contribution is 5.74. The van der Waals surface area contributed by atoms with Gasteiger partial charge in [0.1, 0.15) is 5.76 Å². The largest absolute Gasteiger partial charge is 0.468 e. The van der Waals surface area contributed by atoms with E-state index >= 15 is 0 Å². The highest BCUT2D eigenvalue weighted by Gasteiger charge is 2.09. The predicted molar refractivity (Wildman–Crippen MR) is 92.2 cm³/mol. The number of benzene rings is 1. The lowest BCUT2D eigenvalue weighted by atomic mass is 10.1. The fraction of sp³-hybridized carbons (Fsp3) is 0.389. The average molecular weight is 331 g/mol. The van der Waals surface area contributed by atoms with Crippen molar-refractivity contribution in [3.8, 4) is 0 Å². The maximum Gasteiger partial charge on any atom is 0.315 e. The first kappa shape index (κ1) is 18.0. The van der Waals surface area contributed by atoms with Crippen molar-refractivity contribution >= 4 is 6.03 Å². The molecule has 1 atom stereocenters. The molecule has 0 spiro atoms. The van der Waals surface area contributed by atoms with Crippen LogP contribution < -0.4 is 10.6 Å². The molecule has 0 aliphatic rings. The SMILES string of the molecule is CC(CO)NC(=O)NCc1ccccc1CN(C)Cc1ccco1. The molecule has 2 amide bonds. The van der Waals surface area contributed by atoms with Gasteiger partial charge in [-0.15, -0.1) is 0 Å². The van der Waals surface area contributed by atoms with E-state index in [1.165, 1.54) is 0 Å². The molecule has 6 nitrogen and oxygen atoms in total. The van der Waals surface area contributed by atoms with Gasteiger partial charge in [0.2, 0.25) is 0 Å². The van der Waals surface area contributed by atoms with Gasteiger partial charge in [0.05, 0.1) is 25.5 Å². The number of hydrogen-bond donors (Lipinski definition) is 3. The molecule has 2 rings (SSSR count). The molecule has 0 saturated heterocycles. The first-order chi connectivity index (χ1) is 11.6. The minimum atomic E-state index is -0.282. The molecule has 0 radical (unpaired) electrons. The molecule has 1 aromatic heterocycles. The molecule has 0 aliphatic heterocycles. The summed E-state index contributed by atoms with van der Waals surface area (Å²) in [5.74, 6) is 0.922. The molecule has 0 aliphatic carbocycles. The number of rotatable bonds is 8. The Hall–Kier alpha value is -2.31. The van der Waals surface area contributed by atoms with Gasteiger partial charge in [-0.3, -0.25) is 4.90 Å². The van der Waals surface area contributed by atoms with Crippen LogP contribution in [0.2, 0.25) is 0 Å². The maximum absolute atomic E-state index is 11.8. The number of nitrogens with zero attached hydrogens (tertiary/aromatic N) is 1. The zero-order chi connectivity index (χ0) is 17.4. The number of urea groups is 1. The molecule has 1 heterocycles. The number of carbonyl (C=O) groups excluding carboxylic acids is 1. The standard InChI is InChI=1S/C18H25N3O3/c1-14(13-22)20-18(23)19-10-15-6-3-4-7-16(15)11-21(2)12-17-8-5-9-24-17/h3-9,14,22H,10-13H2,1-2H3,(H2,19,20,23). The molecule has 2 aromatic rings. The molecule has 130 valence electrons. The van der Waals surface area contributed by atoms with Crippen LogP contribution in [0.5, 0.6) is 0 Å². The number of aliphatic hydroxyl groups is 1. The normalized spacial score (nSPS) is 12.2. The Morgan fingerprint density at radius 2 is 1.96 bits per heavy atom. The van der Waals surface area contributed by atoms with Crippen LogP contribution in [0.25, 0.3) is 0 Å². The number of furan rings is 1. The maximum atomic E-state index is 11.8. The molecule has 6 heteroatoms. The second kappa shape index (κ2) is 9.10. The van der Waals surface area contributed by atoms with Gasteiger partial charge < -0.3 is 20.2 Å². The van der Waals surface area contributed by atoms with E-state index in [4.69, 9.17) is 9.52 Å². The van der Waals surface area contributed by atoms with Crippen molar-refractivity contribution in [3.05, 3.63) is 59.5 Å². The Balaban J connectivity index is 1.90. The molecule has 0 saturated carbocycles. The van der Waals surface area contributed by atoms with Crippen LogP contribution in [0.1, 0.15) is 23.8 Å². The van der Waals surface area contributed by atoms with E-state index < -0.39 is 0 Å². The number of carbonyl (C=O) groups is 1. The molecule has 3 N–H and O–H groups in total. The van der Waals surface area contributed by atoms with Crippen molar-refractivity contribution in [2.24, 2.45) is 0 Å². The first-order valence-corrected chi connectivity index (χ1v) is 8.01.